The van der Waals surface area contributed by atoms with Crippen molar-refractivity contribution in [3.05, 3.63) is 63.6 Å². The van der Waals surface area contributed by atoms with E-state index in [1.165, 1.54) is 17.0 Å². The summed E-state index contributed by atoms with van der Waals surface area (Å²) >= 11 is 12.4. The molecule has 2 unspecified atom stereocenters. The molecule has 35 heavy (non-hydrogen) atoms. The molecule has 2 aromatic carbocycles. The topological polar surface area (TPSA) is 86.8 Å². The Hall–Kier alpha value is -2.29. The molecule has 2 aromatic rings. The summed E-state index contributed by atoms with van der Waals surface area (Å²) in [6.07, 6.45) is 2.09. The van der Waals surface area contributed by atoms with Gasteiger partial charge in [-0.1, -0.05) is 67.4 Å². The minimum atomic E-state index is -3.90. The van der Waals surface area contributed by atoms with Crippen LogP contribution in [0.15, 0.2) is 42.5 Å². The molecule has 0 saturated heterocycles. The van der Waals surface area contributed by atoms with Gasteiger partial charge in [0, 0.05) is 12.6 Å². The molecule has 1 N–H and O–H groups in total. The third-order valence-corrected chi connectivity index (χ3v) is 7.80. The third-order valence-electron chi connectivity index (χ3n) is 5.87. The van der Waals surface area contributed by atoms with E-state index in [0.717, 1.165) is 28.1 Å². The molecule has 192 valence electrons. The first kappa shape index (κ1) is 28.9. The number of hydrogen-bond donors (Lipinski definition) is 1. The van der Waals surface area contributed by atoms with Gasteiger partial charge in [0.1, 0.15) is 12.6 Å². The van der Waals surface area contributed by atoms with Crippen molar-refractivity contribution >= 4 is 50.7 Å². The second-order valence-corrected chi connectivity index (χ2v) is 11.2. The molecule has 0 saturated carbocycles. The van der Waals surface area contributed by atoms with Crippen molar-refractivity contribution < 1.29 is 18.0 Å². The maximum Gasteiger partial charge on any atom is 0.244 e. The standard InChI is InChI=1S/C25H33Cl2N3O4S/c1-6-18(4)28-25(32)21(7-2)29(15-19-12-9-8-11-17(19)3)23(31)16-30(35(5,33)34)22-14-10-13-20(26)24(22)27/h8-14,18,21H,6-7,15-16H2,1-5H3,(H,28,32). The summed E-state index contributed by atoms with van der Waals surface area (Å²) in [7, 11) is -3.90. The molecule has 0 heterocycles. The predicted octanol–water partition coefficient (Wildman–Crippen LogP) is 4.79. The number of benzene rings is 2. The van der Waals surface area contributed by atoms with E-state index in [2.05, 4.69) is 5.32 Å². The lowest BCUT2D eigenvalue weighted by atomic mass is 10.1. The van der Waals surface area contributed by atoms with Gasteiger partial charge < -0.3 is 10.2 Å². The van der Waals surface area contributed by atoms with Gasteiger partial charge in [0.15, 0.2) is 0 Å². The highest BCUT2D eigenvalue weighted by atomic mass is 35.5. The number of carbonyl (C=O) groups is 2. The van der Waals surface area contributed by atoms with Gasteiger partial charge in [0.2, 0.25) is 21.8 Å². The number of carbonyl (C=O) groups excluding carboxylic acids is 2. The van der Waals surface area contributed by atoms with Crippen LogP contribution < -0.4 is 9.62 Å². The largest absolute Gasteiger partial charge is 0.352 e. The highest BCUT2D eigenvalue weighted by Crippen LogP contribution is 2.33. The van der Waals surface area contributed by atoms with Crippen LogP contribution in [0.1, 0.15) is 44.7 Å². The Labute approximate surface area is 218 Å². The first-order chi connectivity index (χ1) is 16.4. The molecule has 0 bridgehead atoms. The Kier molecular flexibility index (Phi) is 10.4. The van der Waals surface area contributed by atoms with Crippen LogP contribution in [0.5, 0.6) is 0 Å². The average molecular weight is 543 g/mol. The van der Waals surface area contributed by atoms with Crippen LogP contribution in [0.4, 0.5) is 5.69 Å². The van der Waals surface area contributed by atoms with Crippen LogP contribution in [0.25, 0.3) is 0 Å². The first-order valence-electron chi connectivity index (χ1n) is 11.5. The van der Waals surface area contributed by atoms with Crippen molar-refractivity contribution in [1.29, 1.82) is 0 Å². The molecule has 0 radical (unpaired) electrons. The van der Waals surface area contributed by atoms with E-state index in [-0.39, 0.29) is 34.2 Å². The van der Waals surface area contributed by atoms with Crippen LogP contribution >= 0.6 is 23.2 Å². The zero-order chi connectivity index (χ0) is 26.3. The maximum atomic E-state index is 13.7. The molecular weight excluding hydrogens is 509 g/mol. The second kappa shape index (κ2) is 12.6. The van der Waals surface area contributed by atoms with Crippen molar-refractivity contribution in [1.82, 2.24) is 10.2 Å². The fraction of sp³-hybridized carbons (Fsp3) is 0.440. The molecule has 0 spiro atoms. The third kappa shape index (κ3) is 7.59. The molecule has 2 atom stereocenters. The number of amides is 2. The zero-order valence-corrected chi connectivity index (χ0v) is 23.0. The van der Waals surface area contributed by atoms with Crippen LogP contribution in [0.3, 0.4) is 0 Å². The van der Waals surface area contributed by atoms with Gasteiger partial charge in [-0.25, -0.2) is 8.42 Å². The molecule has 10 heteroatoms. The summed E-state index contributed by atoms with van der Waals surface area (Å²) in [5.74, 6) is -0.809. The first-order valence-corrected chi connectivity index (χ1v) is 14.1. The molecule has 2 amide bonds. The maximum absolute atomic E-state index is 13.7. The smallest absolute Gasteiger partial charge is 0.244 e. The van der Waals surface area contributed by atoms with Gasteiger partial charge in [-0.05, 0) is 49.9 Å². The quantitative estimate of drug-likeness (QED) is 0.443. The highest BCUT2D eigenvalue weighted by Gasteiger charge is 2.33. The number of anilines is 1. The van der Waals surface area contributed by atoms with Gasteiger partial charge in [-0.3, -0.25) is 13.9 Å². The molecule has 2 rings (SSSR count). The summed E-state index contributed by atoms with van der Waals surface area (Å²) in [4.78, 5) is 28.3. The number of sulfonamides is 1. The van der Waals surface area contributed by atoms with Crippen LogP contribution in [0, 0.1) is 6.92 Å². The number of halogens is 2. The minimum Gasteiger partial charge on any atom is -0.352 e. The van der Waals surface area contributed by atoms with Crippen molar-refractivity contribution in [2.75, 3.05) is 17.1 Å². The Morgan fingerprint density at radius 2 is 1.69 bits per heavy atom. The number of nitrogens with one attached hydrogen (secondary N) is 1. The Morgan fingerprint density at radius 3 is 2.26 bits per heavy atom. The molecule has 0 aromatic heterocycles. The summed E-state index contributed by atoms with van der Waals surface area (Å²) < 4.78 is 26.3. The summed E-state index contributed by atoms with van der Waals surface area (Å²) in [5.41, 5.74) is 1.92. The number of nitrogens with zero attached hydrogens (tertiary/aromatic N) is 2. The van der Waals surface area contributed by atoms with Gasteiger partial charge >= 0.3 is 0 Å². The Balaban J connectivity index is 2.50. The van der Waals surface area contributed by atoms with Crippen molar-refractivity contribution in [3.63, 3.8) is 0 Å². The number of aryl methyl sites for hydroxylation is 1. The van der Waals surface area contributed by atoms with E-state index in [1.54, 1.807) is 6.07 Å². The normalized spacial score (nSPS) is 13.1. The van der Waals surface area contributed by atoms with E-state index in [0.29, 0.717) is 6.42 Å². The van der Waals surface area contributed by atoms with E-state index < -0.39 is 28.5 Å². The van der Waals surface area contributed by atoms with Crippen LogP contribution in [-0.4, -0.2) is 50.0 Å². The van der Waals surface area contributed by atoms with E-state index in [1.807, 2.05) is 52.0 Å². The highest BCUT2D eigenvalue weighted by molar-refractivity contribution is 7.92. The molecular formula is C25H33Cl2N3O4S. The van der Waals surface area contributed by atoms with Crippen molar-refractivity contribution in [2.24, 2.45) is 0 Å². The fourth-order valence-corrected chi connectivity index (χ4v) is 4.91. The van der Waals surface area contributed by atoms with Crippen molar-refractivity contribution in [2.45, 2.75) is 59.2 Å². The minimum absolute atomic E-state index is 0.0272. The molecule has 0 aliphatic carbocycles. The lowest BCUT2D eigenvalue weighted by Crippen LogP contribution is -2.53. The molecule has 7 nitrogen and oxygen atoms in total. The van der Waals surface area contributed by atoms with Crippen molar-refractivity contribution in [3.8, 4) is 0 Å². The molecule has 0 aliphatic rings. The monoisotopic (exact) mass is 541 g/mol. The van der Waals surface area contributed by atoms with Gasteiger partial charge in [0.05, 0.1) is 22.0 Å². The lowest BCUT2D eigenvalue weighted by Gasteiger charge is -2.34. The number of rotatable bonds is 11. The molecule has 0 aliphatic heterocycles. The SMILES string of the molecule is CCC(C)NC(=O)C(CC)N(Cc1ccccc1C)C(=O)CN(c1cccc(Cl)c1Cl)S(C)(=O)=O. The molecule has 0 fully saturated rings. The van der Waals surface area contributed by atoms with Gasteiger partial charge in [0.25, 0.3) is 0 Å². The van der Waals surface area contributed by atoms with E-state index in [4.69, 9.17) is 23.2 Å². The summed E-state index contributed by atoms with van der Waals surface area (Å²) in [5, 5.41) is 3.14. The summed E-state index contributed by atoms with van der Waals surface area (Å²) in [6.45, 7) is 7.22. The average Bonchev–Trinajstić information content (AvgIpc) is 2.79. The van der Waals surface area contributed by atoms with E-state index >= 15 is 0 Å². The fourth-order valence-electron chi connectivity index (χ4n) is 3.61. The predicted molar refractivity (Wildman–Crippen MR) is 142 cm³/mol. The van der Waals surface area contributed by atoms with E-state index in [9.17, 15) is 18.0 Å². The number of hydrogen-bond acceptors (Lipinski definition) is 4. The van der Waals surface area contributed by atoms with Crippen LogP contribution in [-0.2, 0) is 26.2 Å². The Morgan fingerprint density at radius 1 is 1.03 bits per heavy atom. The zero-order valence-electron chi connectivity index (χ0n) is 20.7. The van der Waals surface area contributed by atoms with Crippen LogP contribution in [0.2, 0.25) is 10.0 Å². The second-order valence-electron chi connectivity index (χ2n) is 8.53. The lowest BCUT2D eigenvalue weighted by molar-refractivity contribution is -0.140. The van der Waals surface area contributed by atoms with Gasteiger partial charge in [-0.15, -0.1) is 0 Å². The van der Waals surface area contributed by atoms with Gasteiger partial charge in [-0.2, -0.15) is 0 Å². The summed E-state index contributed by atoms with van der Waals surface area (Å²) in [6, 6.07) is 11.3. The Bertz CT molecular complexity index is 1160.